The standard InChI is InChI=1S/C15H25N3S/c1-3-19-13-5-4-12(8-13)18-11-17-9-14(18)15(2)6-7-16-10-15/h9,11-13,16H,3-8,10H2,1-2H3. The van der Waals surface area contributed by atoms with Crippen LogP contribution in [0.2, 0.25) is 0 Å². The fourth-order valence-electron chi connectivity index (χ4n) is 3.66. The molecule has 3 unspecified atom stereocenters. The van der Waals surface area contributed by atoms with Crippen LogP contribution < -0.4 is 5.32 Å². The molecule has 106 valence electrons. The summed E-state index contributed by atoms with van der Waals surface area (Å²) in [5.41, 5.74) is 1.73. The summed E-state index contributed by atoms with van der Waals surface area (Å²) in [5.74, 6) is 1.25. The van der Waals surface area contributed by atoms with E-state index >= 15 is 0 Å². The van der Waals surface area contributed by atoms with Gasteiger partial charge in [-0.25, -0.2) is 4.98 Å². The number of thioether (sulfide) groups is 1. The Balaban J connectivity index is 1.77. The Morgan fingerprint density at radius 2 is 2.42 bits per heavy atom. The molecule has 4 heteroatoms. The molecule has 1 N–H and O–H groups in total. The number of rotatable bonds is 4. The lowest BCUT2D eigenvalue weighted by Gasteiger charge is -2.27. The quantitative estimate of drug-likeness (QED) is 0.919. The third-order valence-corrected chi connectivity index (χ3v) is 6.04. The van der Waals surface area contributed by atoms with Crippen LogP contribution in [0.1, 0.15) is 51.3 Å². The molecule has 3 rings (SSSR count). The van der Waals surface area contributed by atoms with Gasteiger partial charge < -0.3 is 9.88 Å². The molecule has 0 spiro atoms. The van der Waals surface area contributed by atoms with Gasteiger partial charge in [0.05, 0.1) is 6.33 Å². The van der Waals surface area contributed by atoms with Crippen LogP contribution in [-0.2, 0) is 5.41 Å². The molecule has 2 fully saturated rings. The van der Waals surface area contributed by atoms with Gasteiger partial charge in [0.2, 0.25) is 0 Å². The van der Waals surface area contributed by atoms with E-state index < -0.39 is 0 Å². The van der Waals surface area contributed by atoms with Gasteiger partial charge >= 0.3 is 0 Å². The summed E-state index contributed by atoms with van der Waals surface area (Å²) in [6.45, 7) is 6.89. The highest BCUT2D eigenvalue weighted by Gasteiger charge is 2.36. The van der Waals surface area contributed by atoms with Crippen LogP contribution >= 0.6 is 11.8 Å². The summed E-state index contributed by atoms with van der Waals surface area (Å²) in [6.07, 6.45) is 9.43. The van der Waals surface area contributed by atoms with Gasteiger partial charge in [-0.1, -0.05) is 13.8 Å². The zero-order valence-electron chi connectivity index (χ0n) is 12.1. The molecule has 2 heterocycles. The second kappa shape index (κ2) is 5.49. The second-order valence-electron chi connectivity index (χ2n) is 6.22. The predicted octanol–water partition coefficient (Wildman–Crippen LogP) is 2.98. The van der Waals surface area contributed by atoms with E-state index in [2.05, 4.69) is 53.0 Å². The topological polar surface area (TPSA) is 29.9 Å². The van der Waals surface area contributed by atoms with Crippen molar-refractivity contribution in [2.45, 2.75) is 56.2 Å². The minimum atomic E-state index is 0.284. The molecule has 3 atom stereocenters. The molecule has 1 saturated carbocycles. The molecule has 19 heavy (non-hydrogen) atoms. The lowest BCUT2D eigenvalue weighted by atomic mass is 9.86. The number of nitrogens with zero attached hydrogens (tertiary/aromatic N) is 2. The molecule has 0 bridgehead atoms. The summed E-state index contributed by atoms with van der Waals surface area (Å²) in [6, 6.07) is 0.680. The van der Waals surface area contributed by atoms with Gasteiger partial charge in [-0.2, -0.15) is 11.8 Å². The summed E-state index contributed by atoms with van der Waals surface area (Å²) in [4.78, 5) is 4.46. The molecule has 1 aromatic heterocycles. The minimum absolute atomic E-state index is 0.284. The minimum Gasteiger partial charge on any atom is -0.331 e. The van der Waals surface area contributed by atoms with Crippen molar-refractivity contribution in [1.29, 1.82) is 0 Å². The Kier molecular flexibility index (Phi) is 3.90. The van der Waals surface area contributed by atoms with Gasteiger partial charge in [0.25, 0.3) is 0 Å². The fraction of sp³-hybridized carbons (Fsp3) is 0.800. The maximum Gasteiger partial charge on any atom is 0.0950 e. The van der Waals surface area contributed by atoms with Gasteiger partial charge in [0.15, 0.2) is 0 Å². The Bertz CT molecular complexity index is 423. The highest BCUT2D eigenvalue weighted by Crippen LogP contribution is 2.40. The fourth-order valence-corrected chi connectivity index (χ4v) is 4.79. The maximum atomic E-state index is 4.46. The lowest BCUT2D eigenvalue weighted by Crippen LogP contribution is -2.29. The number of nitrogens with one attached hydrogen (secondary N) is 1. The highest BCUT2D eigenvalue weighted by atomic mass is 32.2. The van der Waals surface area contributed by atoms with Crippen molar-refractivity contribution in [3.05, 3.63) is 18.2 Å². The van der Waals surface area contributed by atoms with E-state index in [0.717, 1.165) is 18.3 Å². The van der Waals surface area contributed by atoms with Crippen LogP contribution in [0.4, 0.5) is 0 Å². The van der Waals surface area contributed by atoms with Crippen molar-refractivity contribution in [3.63, 3.8) is 0 Å². The predicted molar refractivity (Wildman–Crippen MR) is 81.9 cm³/mol. The molecule has 2 aliphatic rings. The summed E-state index contributed by atoms with van der Waals surface area (Å²) in [5, 5.41) is 4.36. The van der Waals surface area contributed by atoms with Crippen LogP contribution in [0.25, 0.3) is 0 Å². The van der Waals surface area contributed by atoms with E-state index in [1.54, 1.807) is 0 Å². The summed E-state index contributed by atoms with van der Waals surface area (Å²) in [7, 11) is 0. The second-order valence-corrected chi connectivity index (χ2v) is 7.80. The van der Waals surface area contributed by atoms with Crippen LogP contribution in [0.15, 0.2) is 12.5 Å². The first-order chi connectivity index (χ1) is 9.23. The van der Waals surface area contributed by atoms with Gasteiger partial charge in [-0.05, 0) is 38.0 Å². The first kappa shape index (κ1) is 13.5. The molecule has 1 aromatic rings. The van der Waals surface area contributed by atoms with Crippen molar-refractivity contribution in [2.75, 3.05) is 18.8 Å². The van der Waals surface area contributed by atoms with E-state index in [1.165, 1.54) is 37.1 Å². The average Bonchev–Trinajstić information content (AvgIpc) is 3.07. The monoisotopic (exact) mass is 279 g/mol. The Morgan fingerprint density at radius 1 is 1.53 bits per heavy atom. The van der Waals surface area contributed by atoms with Crippen LogP contribution in [-0.4, -0.2) is 33.6 Å². The van der Waals surface area contributed by atoms with Crippen molar-refractivity contribution in [3.8, 4) is 0 Å². The molecule has 3 nitrogen and oxygen atoms in total. The van der Waals surface area contributed by atoms with Gasteiger partial charge in [-0.3, -0.25) is 0 Å². The SMILES string of the molecule is CCSC1CCC(n2cncc2C2(C)CCNC2)C1. The molecule has 0 radical (unpaired) electrons. The maximum absolute atomic E-state index is 4.46. The van der Waals surface area contributed by atoms with Gasteiger partial charge in [-0.15, -0.1) is 0 Å². The Morgan fingerprint density at radius 3 is 3.16 bits per heavy atom. The van der Waals surface area contributed by atoms with Crippen molar-refractivity contribution < 1.29 is 0 Å². The number of imidazole rings is 1. The Labute approximate surface area is 120 Å². The van der Waals surface area contributed by atoms with Crippen molar-refractivity contribution in [2.24, 2.45) is 0 Å². The largest absolute Gasteiger partial charge is 0.331 e. The first-order valence-corrected chi connectivity index (χ1v) is 8.62. The molecule has 0 aromatic carbocycles. The molecule has 1 saturated heterocycles. The van der Waals surface area contributed by atoms with Gasteiger partial charge in [0, 0.05) is 35.1 Å². The van der Waals surface area contributed by atoms with Crippen molar-refractivity contribution in [1.82, 2.24) is 14.9 Å². The summed E-state index contributed by atoms with van der Waals surface area (Å²) >= 11 is 2.13. The number of hydrogen-bond donors (Lipinski definition) is 1. The van der Waals surface area contributed by atoms with E-state index in [-0.39, 0.29) is 5.41 Å². The lowest BCUT2D eigenvalue weighted by molar-refractivity contribution is 0.426. The number of hydrogen-bond acceptors (Lipinski definition) is 3. The third-order valence-electron chi connectivity index (χ3n) is 4.81. The normalized spacial score (nSPS) is 35.1. The zero-order chi connectivity index (χ0) is 13.3. The molecule has 0 amide bonds. The van der Waals surface area contributed by atoms with Crippen molar-refractivity contribution >= 4 is 11.8 Å². The van der Waals surface area contributed by atoms with Crippen LogP contribution in [0.3, 0.4) is 0 Å². The molecule has 1 aliphatic carbocycles. The molecular formula is C15H25N3S. The van der Waals surface area contributed by atoms with E-state index in [4.69, 9.17) is 0 Å². The number of aromatic nitrogens is 2. The van der Waals surface area contributed by atoms with Crippen LogP contribution in [0, 0.1) is 0 Å². The van der Waals surface area contributed by atoms with Gasteiger partial charge in [0.1, 0.15) is 0 Å². The Hall–Kier alpha value is -0.480. The van der Waals surface area contributed by atoms with E-state index in [0.29, 0.717) is 6.04 Å². The smallest absolute Gasteiger partial charge is 0.0950 e. The first-order valence-electron chi connectivity index (χ1n) is 7.57. The highest BCUT2D eigenvalue weighted by molar-refractivity contribution is 7.99. The van der Waals surface area contributed by atoms with E-state index in [1.807, 2.05) is 0 Å². The van der Waals surface area contributed by atoms with E-state index in [9.17, 15) is 0 Å². The van der Waals surface area contributed by atoms with Crippen LogP contribution in [0.5, 0.6) is 0 Å². The molecular weight excluding hydrogens is 254 g/mol. The summed E-state index contributed by atoms with van der Waals surface area (Å²) < 4.78 is 2.49. The zero-order valence-corrected chi connectivity index (χ0v) is 12.9. The average molecular weight is 279 g/mol. The third kappa shape index (κ3) is 2.57. The molecule has 1 aliphatic heterocycles.